The van der Waals surface area contributed by atoms with Gasteiger partial charge >= 0.3 is 0 Å². The number of ether oxygens (including phenoxy) is 2. The number of nitrogens with zero attached hydrogens (tertiary/aromatic N) is 1. The number of methoxy groups -OCH3 is 2. The van der Waals surface area contributed by atoms with Gasteiger partial charge in [-0.15, -0.1) is 11.3 Å². The molecule has 138 valence electrons. The Kier molecular flexibility index (Phi) is 6.29. The van der Waals surface area contributed by atoms with Crippen LogP contribution in [0.2, 0.25) is 0 Å². The van der Waals surface area contributed by atoms with Gasteiger partial charge in [-0.25, -0.2) is 0 Å². The maximum atomic E-state index is 12.4. The molecule has 1 amide bonds. The highest BCUT2D eigenvalue weighted by molar-refractivity contribution is 7.14. The van der Waals surface area contributed by atoms with E-state index in [0.29, 0.717) is 11.3 Å². The standard InChI is InChI=1S/C17H18N2O6S/c1-10(20)16-5-4-11(26-16)6-7-18-17(21)12-8-14(24-2)15(25-3)9-13(12)19(22)23/h4-5,8-9H,6-7H2,1-3H3,(H,18,21). The van der Waals surface area contributed by atoms with Gasteiger partial charge in [0.15, 0.2) is 17.3 Å². The molecule has 0 saturated carbocycles. The first-order valence-electron chi connectivity index (χ1n) is 7.65. The third-order valence-electron chi connectivity index (χ3n) is 3.61. The number of hydrogen-bond donors (Lipinski definition) is 1. The van der Waals surface area contributed by atoms with Crippen molar-refractivity contribution < 1.29 is 24.0 Å². The molecule has 1 N–H and O–H groups in total. The van der Waals surface area contributed by atoms with Crippen molar-refractivity contribution in [3.63, 3.8) is 0 Å². The second-order valence-corrected chi connectivity index (χ2v) is 6.48. The molecule has 2 aromatic rings. The number of Topliss-reactive ketones (excluding diaryl/α,β-unsaturated/α-hetero) is 1. The average Bonchev–Trinajstić information content (AvgIpc) is 3.09. The predicted octanol–water partition coefficient (Wildman–Crippen LogP) is 2.85. The van der Waals surface area contributed by atoms with Crippen LogP contribution in [0, 0.1) is 10.1 Å². The molecule has 0 aliphatic rings. The van der Waals surface area contributed by atoms with Crippen molar-refractivity contribution in [1.29, 1.82) is 0 Å². The van der Waals surface area contributed by atoms with Crippen molar-refractivity contribution >= 4 is 28.7 Å². The van der Waals surface area contributed by atoms with Gasteiger partial charge in [0.2, 0.25) is 0 Å². The number of nitro benzene ring substituents is 1. The average molecular weight is 378 g/mol. The zero-order valence-electron chi connectivity index (χ0n) is 14.5. The van der Waals surface area contributed by atoms with Crippen LogP contribution in [0.15, 0.2) is 24.3 Å². The van der Waals surface area contributed by atoms with Crippen LogP contribution in [0.25, 0.3) is 0 Å². The molecule has 0 radical (unpaired) electrons. The van der Waals surface area contributed by atoms with E-state index >= 15 is 0 Å². The highest BCUT2D eigenvalue weighted by Gasteiger charge is 2.24. The Morgan fingerprint density at radius 2 is 1.85 bits per heavy atom. The van der Waals surface area contributed by atoms with E-state index in [4.69, 9.17) is 9.47 Å². The fraction of sp³-hybridized carbons (Fsp3) is 0.294. The Hall–Kier alpha value is -2.94. The van der Waals surface area contributed by atoms with Crippen molar-refractivity contribution in [3.8, 4) is 11.5 Å². The molecular formula is C17H18N2O6S. The first kappa shape index (κ1) is 19.4. The Bertz CT molecular complexity index is 846. The summed E-state index contributed by atoms with van der Waals surface area (Å²) in [6.45, 7) is 1.77. The van der Waals surface area contributed by atoms with Crippen LogP contribution in [0.4, 0.5) is 5.69 Å². The van der Waals surface area contributed by atoms with Crippen LogP contribution in [0.5, 0.6) is 11.5 Å². The van der Waals surface area contributed by atoms with Crippen molar-refractivity contribution in [3.05, 3.63) is 49.7 Å². The lowest BCUT2D eigenvalue weighted by Gasteiger charge is -2.10. The highest BCUT2D eigenvalue weighted by atomic mass is 32.1. The lowest BCUT2D eigenvalue weighted by atomic mass is 10.1. The van der Waals surface area contributed by atoms with Gasteiger partial charge < -0.3 is 14.8 Å². The van der Waals surface area contributed by atoms with E-state index < -0.39 is 10.8 Å². The molecule has 0 unspecified atom stereocenters. The number of amides is 1. The van der Waals surface area contributed by atoms with E-state index in [-0.39, 0.29) is 35.1 Å². The number of thiophene rings is 1. The molecule has 1 aromatic heterocycles. The Morgan fingerprint density at radius 3 is 2.38 bits per heavy atom. The fourth-order valence-electron chi connectivity index (χ4n) is 2.30. The van der Waals surface area contributed by atoms with Gasteiger partial charge in [0, 0.05) is 17.5 Å². The van der Waals surface area contributed by atoms with E-state index in [9.17, 15) is 19.7 Å². The molecule has 0 spiro atoms. The lowest BCUT2D eigenvalue weighted by molar-refractivity contribution is -0.385. The highest BCUT2D eigenvalue weighted by Crippen LogP contribution is 2.34. The molecule has 0 aliphatic heterocycles. The molecule has 26 heavy (non-hydrogen) atoms. The van der Waals surface area contributed by atoms with Crippen molar-refractivity contribution in [2.75, 3.05) is 20.8 Å². The second-order valence-electron chi connectivity index (χ2n) is 5.31. The zero-order valence-corrected chi connectivity index (χ0v) is 15.3. The maximum absolute atomic E-state index is 12.4. The molecule has 0 saturated heterocycles. The van der Waals surface area contributed by atoms with Crippen LogP contribution >= 0.6 is 11.3 Å². The summed E-state index contributed by atoms with van der Waals surface area (Å²) in [4.78, 5) is 35.9. The van der Waals surface area contributed by atoms with Gasteiger partial charge in [0.05, 0.1) is 30.1 Å². The van der Waals surface area contributed by atoms with E-state index in [1.54, 1.807) is 6.07 Å². The lowest BCUT2D eigenvalue weighted by Crippen LogP contribution is -2.26. The molecule has 8 nitrogen and oxygen atoms in total. The third kappa shape index (κ3) is 4.37. The number of nitrogens with one attached hydrogen (secondary N) is 1. The van der Waals surface area contributed by atoms with Crippen molar-refractivity contribution in [2.24, 2.45) is 0 Å². The number of nitro groups is 1. The van der Waals surface area contributed by atoms with E-state index in [1.807, 2.05) is 6.07 Å². The molecule has 1 aromatic carbocycles. The summed E-state index contributed by atoms with van der Waals surface area (Å²) in [7, 11) is 2.74. The summed E-state index contributed by atoms with van der Waals surface area (Å²) in [6, 6.07) is 6.01. The summed E-state index contributed by atoms with van der Waals surface area (Å²) in [5.74, 6) is -0.189. The topological polar surface area (TPSA) is 108 Å². The first-order chi connectivity index (χ1) is 12.4. The molecule has 0 fully saturated rings. The third-order valence-corrected chi connectivity index (χ3v) is 4.85. The zero-order chi connectivity index (χ0) is 19.3. The fourth-order valence-corrected chi connectivity index (χ4v) is 3.20. The molecular weight excluding hydrogens is 360 g/mol. The summed E-state index contributed by atoms with van der Waals surface area (Å²) in [5.41, 5.74) is -0.474. The second kappa shape index (κ2) is 8.43. The van der Waals surface area contributed by atoms with Gasteiger partial charge in [-0.3, -0.25) is 19.7 Å². The number of ketones is 1. The Morgan fingerprint density at radius 1 is 1.19 bits per heavy atom. The normalized spacial score (nSPS) is 10.3. The van der Waals surface area contributed by atoms with E-state index in [0.717, 1.165) is 10.9 Å². The molecule has 0 atom stereocenters. The van der Waals surface area contributed by atoms with Gasteiger partial charge in [-0.2, -0.15) is 0 Å². The molecule has 1 heterocycles. The SMILES string of the molecule is COc1cc(C(=O)NCCc2ccc(C(C)=O)s2)c([N+](=O)[O-])cc1OC. The summed E-state index contributed by atoms with van der Waals surface area (Å²) in [6.07, 6.45) is 0.519. The van der Waals surface area contributed by atoms with E-state index in [1.165, 1.54) is 38.5 Å². The van der Waals surface area contributed by atoms with E-state index in [2.05, 4.69) is 5.32 Å². The minimum atomic E-state index is -0.644. The number of carbonyl (C=O) groups is 2. The van der Waals surface area contributed by atoms with Crippen LogP contribution in [0.1, 0.15) is 31.8 Å². The Labute approximate surface area is 153 Å². The number of benzene rings is 1. The largest absolute Gasteiger partial charge is 0.493 e. The minimum absolute atomic E-state index is 0.00811. The Balaban J connectivity index is 2.12. The van der Waals surface area contributed by atoms with Crippen molar-refractivity contribution in [1.82, 2.24) is 5.32 Å². The van der Waals surface area contributed by atoms with Crippen LogP contribution in [0.3, 0.4) is 0 Å². The maximum Gasteiger partial charge on any atom is 0.286 e. The van der Waals surface area contributed by atoms with Crippen molar-refractivity contribution in [2.45, 2.75) is 13.3 Å². The summed E-state index contributed by atoms with van der Waals surface area (Å²) >= 11 is 1.36. The van der Waals surface area contributed by atoms with Crippen LogP contribution in [-0.4, -0.2) is 37.4 Å². The number of hydrogen-bond acceptors (Lipinski definition) is 7. The number of rotatable bonds is 8. The van der Waals surface area contributed by atoms with Crippen LogP contribution in [-0.2, 0) is 6.42 Å². The van der Waals surface area contributed by atoms with Gasteiger partial charge in [-0.05, 0) is 25.5 Å². The summed E-state index contributed by atoms with van der Waals surface area (Å²) in [5, 5.41) is 13.9. The monoisotopic (exact) mass is 378 g/mol. The summed E-state index contributed by atoms with van der Waals surface area (Å²) < 4.78 is 10.1. The quantitative estimate of drug-likeness (QED) is 0.430. The predicted molar refractivity (Wildman–Crippen MR) is 96.6 cm³/mol. The van der Waals surface area contributed by atoms with Crippen LogP contribution < -0.4 is 14.8 Å². The minimum Gasteiger partial charge on any atom is -0.493 e. The van der Waals surface area contributed by atoms with Gasteiger partial charge in [0.25, 0.3) is 11.6 Å². The van der Waals surface area contributed by atoms with Gasteiger partial charge in [-0.1, -0.05) is 0 Å². The molecule has 2 rings (SSSR count). The first-order valence-corrected chi connectivity index (χ1v) is 8.47. The van der Waals surface area contributed by atoms with Gasteiger partial charge in [0.1, 0.15) is 5.56 Å². The molecule has 9 heteroatoms. The molecule has 0 bridgehead atoms. The number of carbonyl (C=O) groups excluding carboxylic acids is 2. The molecule has 0 aliphatic carbocycles. The smallest absolute Gasteiger partial charge is 0.286 e.